The molecule has 0 radical (unpaired) electrons. The first-order valence-electron chi connectivity index (χ1n) is 4.52. The molecule has 7 heteroatoms. The van der Waals surface area contributed by atoms with Crippen molar-refractivity contribution in [1.82, 2.24) is 9.55 Å². The second-order valence-electron chi connectivity index (χ2n) is 3.31. The Morgan fingerprint density at radius 1 is 1.62 bits per heavy atom. The Morgan fingerprint density at radius 3 is 2.81 bits per heavy atom. The lowest BCUT2D eigenvalue weighted by Gasteiger charge is -2.10. The molecule has 0 aliphatic rings. The molecule has 0 fully saturated rings. The molecule has 0 amide bonds. The van der Waals surface area contributed by atoms with Crippen LogP contribution >= 0.6 is 11.6 Å². The van der Waals surface area contributed by atoms with Gasteiger partial charge in [-0.1, -0.05) is 18.5 Å². The maximum Gasteiger partial charge on any atom is 0.328 e. The van der Waals surface area contributed by atoms with E-state index in [-0.39, 0.29) is 11.6 Å². The van der Waals surface area contributed by atoms with Crippen molar-refractivity contribution in [2.75, 3.05) is 7.11 Å². The molecule has 1 aromatic rings. The van der Waals surface area contributed by atoms with Gasteiger partial charge in [-0.15, -0.1) is 0 Å². The number of hydrogen-bond donors (Lipinski definition) is 1. The van der Waals surface area contributed by atoms with E-state index < -0.39 is 23.1 Å². The van der Waals surface area contributed by atoms with Gasteiger partial charge in [0.2, 0.25) is 0 Å². The van der Waals surface area contributed by atoms with Crippen molar-refractivity contribution in [3.63, 3.8) is 0 Å². The van der Waals surface area contributed by atoms with Gasteiger partial charge < -0.3 is 4.74 Å². The predicted molar refractivity (Wildman–Crippen MR) is 57.5 cm³/mol. The summed E-state index contributed by atoms with van der Waals surface area (Å²) in [6.45, 7) is 1.71. The van der Waals surface area contributed by atoms with E-state index in [0.717, 1.165) is 4.57 Å². The highest BCUT2D eigenvalue weighted by Gasteiger charge is 2.15. The van der Waals surface area contributed by atoms with Crippen LogP contribution in [0.5, 0.6) is 0 Å². The van der Waals surface area contributed by atoms with E-state index in [4.69, 9.17) is 11.6 Å². The number of carbonyl (C=O) groups excluding carboxylic acids is 1. The zero-order valence-electron chi connectivity index (χ0n) is 8.82. The van der Waals surface area contributed by atoms with Gasteiger partial charge >= 0.3 is 11.7 Å². The lowest BCUT2D eigenvalue weighted by atomic mass is 10.2. The van der Waals surface area contributed by atoms with Gasteiger partial charge in [-0.05, 0) is 0 Å². The first-order chi connectivity index (χ1) is 7.45. The smallest absolute Gasteiger partial charge is 0.328 e. The minimum absolute atomic E-state index is 0.0992. The van der Waals surface area contributed by atoms with Crippen LogP contribution in [0.15, 0.2) is 15.8 Å². The fraction of sp³-hybridized carbons (Fsp3) is 0.444. The molecule has 0 aliphatic carbocycles. The molecule has 0 aromatic carbocycles. The average molecular weight is 247 g/mol. The van der Waals surface area contributed by atoms with Crippen LogP contribution in [0.3, 0.4) is 0 Å². The molecular formula is C9H11ClN2O4. The number of aromatic nitrogens is 2. The SMILES string of the molecule is COC(=O)C(C)Cn1cc(Cl)c(=O)[nH]c1=O. The highest BCUT2D eigenvalue weighted by atomic mass is 35.5. The Morgan fingerprint density at radius 2 is 2.25 bits per heavy atom. The summed E-state index contributed by atoms with van der Waals surface area (Å²) < 4.78 is 5.68. The summed E-state index contributed by atoms with van der Waals surface area (Å²) in [7, 11) is 1.27. The summed E-state index contributed by atoms with van der Waals surface area (Å²) in [4.78, 5) is 35.5. The lowest BCUT2D eigenvalue weighted by molar-refractivity contribution is -0.145. The summed E-state index contributed by atoms with van der Waals surface area (Å²) in [5.74, 6) is -0.932. The van der Waals surface area contributed by atoms with Gasteiger partial charge in [0.05, 0.1) is 13.0 Å². The molecule has 1 N–H and O–H groups in total. The van der Waals surface area contributed by atoms with E-state index in [0.29, 0.717) is 0 Å². The molecule has 1 atom stereocenters. The number of ether oxygens (including phenoxy) is 1. The Bertz CT molecular complexity index is 505. The summed E-state index contributed by atoms with van der Waals surface area (Å²) in [6.07, 6.45) is 1.20. The van der Waals surface area contributed by atoms with E-state index in [1.165, 1.54) is 13.3 Å². The highest BCUT2D eigenvalue weighted by molar-refractivity contribution is 6.30. The third-order valence-electron chi connectivity index (χ3n) is 2.04. The highest BCUT2D eigenvalue weighted by Crippen LogP contribution is 2.02. The summed E-state index contributed by atoms with van der Waals surface area (Å²) in [5.41, 5.74) is -1.25. The number of carbonyl (C=O) groups is 1. The Hall–Kier alpha value is -1.56. The molecular weight excluding hydrogens is 236 g/mol. The zero-order chi connectivity index (χ0) is 12.3. The van der Waals surface area contributed by atoms with Crippen LogP contribution < -0.4 is 11.2 Å². The molecule has 6 nitrogen and oxygen atoms in total. The molecule has 1 heterocycles. The zero-order valence-corrected chi connectivity index (χ0v) is 9.58. The van der Waals surface area contributed by atoms with E-state index in [2.05, 4.69) is 4.74 Å². The van der Waals surface area contributed by atoms with Crippen LogP contribution in [0.2, 0.25) is 5.02 Å². The number of aromatic amines is 1. The van der Waals surface area contributed by atoms with E-state index in [1.54, 1.807) is 6.92 Å². The van der Waals surface area contributed by atoms with Crippen molar-refractivity contribution in [3.8, 4) is 0 Å². The second kappa shape index (κ2) is 4.98. The maximum atomic E-state index is 11.3. The van der Waals surface area contributed by atoms with Crippen molar-refractivity contribution in [1.29, 1.82) is 0 Å². The number of halogens is 1. The monoisotopic (exact) mass is 246 g/mol. The standard InChI is InChI=1S/C9H11ClN2O4/c1-5(8(14)16-2)3-12-4-6(10)7(13)11-9(12)15/h4-5H,3H2,1-2H3,(H,11,13,15). The minimum atomic E-state index is -0.645. The quantitative estimate of drug-likeness (QED) is 0.761. The first-order valence-corrected chi connectivity index (χ1v) is 4.90. The third-order valence-corrected chi connectivity index (χ3v) is 2.31. The van der Waals surface area contributed by atoms with Crippen molar-refractivity contribution >= 4 is 17.6 Å². The summed E-state index contributed by atoms with van der Waals surface area (Å²) >= 11 is 5.56. The first kappa shape index (κ1) is 12.5. The van der Waals surface area contributed by atoms with Crippen LogP contribution in [0.4, 0.5) is 0 Å². The largest absolute Gasteiger partial charge is 0.469 e. The number of nitrogens with one attached hydrogen (secondary N) is 1. The van der Waals surface area contributed by atoms with Crippen molar-refractivity contribution in [2.45, 2.75) is 13.5 Å². The average Bonchev–Trinajstić information content (AvgIpc) is 2.24. The molecule has 88 valence electrons. The molecule has 1 unspecified atom stereocenters. The molecule has 1 rings (SSSR count). The van der Waals surface area contributed by atoms with Crippen LogP contribution in [0.25, 0.3) is 0 Å². The molecule has 16 heavy (non-hydrogen) atoms. The fourth-order valence-electron chi connectivity index (χ4n) is 1.19. The number of rotatable bonds is 3. The second-order valence-corrected chi connectivity index (χ2v) is 3.72. The lowest BCUT2D eigenvalue weighted by Crippen LogP contribution is -2.32. The number of hydrogen-bond acceptors (Lipinski definition) is 4. The molecule has 0 saturated heterocycles. The van der Waals surface area contributed by atoms with Gasteiger partial charge in [-0.25, -0.2) is 4.79 Å². The molecule has 0 saturated carbocycles. The van der Waals surface area contributed by atoms with Crippen molar-refractivity contribution in [2.24, 2.45) is 5.92 Å². The number of methoxy groups -OCH3 is 1. The van der Waals surface area contributed by atoms with Gasteiger partial charge in [0, 0.05) is 12.7 Å². The minimum Gasteiger partial charge on any atom is -0.469 e. The van der Waals surface area contributed by atoms with Gasteiger partial charge in [0.15, 0.2) is 0 Å². The van der Waals surface area contributed by atoms with Crippen molar-refractivity contribution < 1.29 is 9.53 Å². The van der Waals surface area contributed by atoms with E-state index >= 15 is 0 Å². The molecule has 0 aliphatic heterocycles. The van der Waals surface area contributed by atoms with E-state index in [9.17, 15) is 14.4 Å². The van der Waals surface area contributed by atoms with Crippen LogP contribution in [-0.4, -0.2) is 22.6 Å². The summed E-state index contributed by atoms with van der Waals surface area (Å²) in [6, 6.07) is 0. The molecule has 1 aromatic heterocycles. The van der Waals surface area contributed by atoms with E-state index in [1.807, 2.05) is 4.98 Å². The normalized spacial score (nSPS) is 12.2. The Labute approximate surface area is 95.8 Å². The number of H-pyrrole nitrogens is 1. The fourth-order valence-corrected chi connectivity index (χ4v) is 1.35. The van der Waals surface area contributed by atoms with Crippen molar-refractivity contribution in [3.05, 3.63) is 32.1 Å². The Kier molecular flexibility index (Phi) is 3.89. The topological polar surface area (TPSA) is 81.2 Å². The number of esters is 1. The number of nitrogens with zero attached hydrogens (tertiary/aromatic N) is 1. The van der Waals surface area contributed by atoms with Crippen LogP contribution in [0, 0.1) is 5.92 Å². The molecule has 0 bridgehead atoms. The maximum absolute atomic E-state index is 11.3. The summed E-state index contributed by atoms with van der Waals surface area (Å²) in [5, 5.41) is -0.100. The van der Waals surface area contributed by atoms with Gasteiger partial charge in [0.25, 0.3) is 5.56 Å². The third kappa shape index (κ3) is 2.73. The van der Waals surface area contributed by atoms with Gasteiger partial charge in [0.1, 0.15) is 5.02 Å². The van der Waals surface area contributed by atoms with Crippen LogP contribution in [0.1, 0.15) is 6.92 Å². The van der Waals surface area contributed by atoms with Crippen LogP contribution in [-0.2, 0) is 16.1 Å². The van der Waals surface area contributed by atoms with Gasteiger partial charge in [-0.3, -0.25) is 19.1 Å². The molecule has 0 spiro atoms. The van der Waals surface area contributed by atoms with Gasteiger partial charge in [-0.2, -0.15) is 0 Å². The predicted octanol–water partition coefficient (Wildman–Crippen LogP) is -0.000900. The Balaban J connectivity index is 2.98.